The van der Waals surface area contributed by atoms with Crippen LogP contribution in [0.3, 0.4) is 0 Å². The van der Waals surface area contributed by atoms with Crippen molar-refractivity contribution in [2.45, 2.75) is 19.1 Å². The van der Waals surface area contributed by atoms with E-state index in [1.54, 1.807) is 12.1 Å². The van der Waals surface area contributed by atoms with Crippen molar-refractivity contribution in [3.63, 3.8) is 0 Å². The Balaban J connectivity index is 2.40. The second-order valence-electron chi connectivity index (χ2n) is 3.28. The molecule has 0 aliphatic heterocycles. The van der Waals surface area contributed by atoms with E-state index in [1.807, 2.05) is 0 Å². The molecule has 0 spiro atoms. The standard InChI is InChI=1S/C10H11BrF3NO/c11-7-3-6(1-2-8(7)12)4-15-5-9(16)10(13)14/h1-3,9-10,15-16H,4-5H2. The molecule has 0 fully saturated rings. The van der Waals surface area contributed by atoms with Gasteiger partial charge in [0.25, 0.3) is 6.43 Å². The Labute approximate surface area is 99.6 Å². The van der Waals surface area contributed by atoms with Crippen LogP contribution in [0.4, 0.5) is 13.2 Å². The van der Waals surface area contributed by atoms with Gasteiger partial charge in [-0.15, -0.1) is 0 Å². The molecule has 0 aliphatic rings. The molecular weight excluding hydrogens is 287 g/mol. The van der Waals surface area contributed by atoms with Crippen molar-refractivity contribution in [3.8, 4) is 0 Å². The average Bonchev–Trinajstić information content (AvgIpc) is 2.23. The molecule has 16 heavy (non-hydrogen) atoms. The molecule has 0 radical (unpaired) electrons. The summed E-state index contributed by atoms with van der Waals surface area (Å²) in [6.07, 6.45) is -4.43. The molecule has 1 rings (SSSR count). The molecule has 0 amide bonds. The van der Waals surface area contributed by atoms with Gasteiger partial charge in [0.1, 0.15) is 11.9 Å². The largest absolute Gasteiger partial charge is 0.386 e. The van der Waals surface area contributed by atoms with Crippen LogP contribution in [0, 0.1) is 5.82 Å². The molecule has 0 aliphatic carbocycles. The first-order valence-electron chi connectivity index (χ1n) is 4.61. The molecule has 6 heteroatoms. The van der Waals surface area contributed by atoms with E-state index in [-0.39, 0.29) is 12.4 Å². The quantitative estimate of drug-likeness (QED) is 0.874. The predicted molar refractivity (Wildman–Crippen MR) is 57.8 cm³/mol. The topological polar surface area (TPSA) is 32.3 Å². The van der Waals surface area contributed by atoms with Gasteiger partial charge in [-0.05, 0) is 33.6 Å². The minimum absolute atomic E-state index is 0.202. The minimum Gasteiger partial charge on any atom is -0.386 e. The Hall–Kier alpha value is -0.590. The van der Waals surface area contributed by atoms with E-state index in [4.69, 9.17) is 5.11 Å². The Morgan fingerprint density at radius 2 is 2.06 bits per heavy atom. The van der Waals surface area contributed by atoms with Gasteiger partial charge in [0, 0.05) is 13.1 Å². The van der Waals surface area contributed by atoms with E-state index >= 15 is 0 Å². The van der Waals surface area contributed by atoms with Crippen molar-refractivity contribution >= 4 is 15.9 Å². The summed E-state index contributed by atoms with van der Waals surface area (Å²) in [4.78, 5) is 0. The number of halogens is 4. The number of rotatable bonds is 5. The van der Waals surface area contributed by atoms with Crippen molar-refractivity contribution in [2.24, 2.45) is 0 Å². The van der Waals surface area contributed by atoms with Crippen LogP contribution in [0.25, 0.3) is 0 Å². The van der Waals surface area contributed by atoms with Gasteiger partial charge >= 0.3 is 0 Å². The molecular formula is C10H11BrF3NO. The monoisotopic (exact) mass is 297 g/mol. The summed E-state index contributed by atoms with van der Waals surface area (Å²) < 4.78 is 37.0. The molecule has 2 nitrogen and oxygen atoms in total. The molecule has 90 valence electrons. The van der Waals surface area contributed by atoms with E-state index < -0.39 is 12.5 Å². The fourth-order valence-corrected chi connectivity index (χ4v) is 1.53. The second-order valence-corrected chi connectivity index (χ2v) is 4.14. The third-order valence-electron chi connectivity index (χ3n) is 1.96. The summed E-state index contributed by atoms with van der Waals surface area (Å²) in [7, 11) is 0. The first kappa shape index (κ1) is 13.5. The van der Waals surface area contributed by atoms with Gasteiger partial charge in [0.05, 0.1) is 4.47 Å². The van der Waals surface area contributed by atoms with Crippen LogP contribution in [0.1, 0.15) is 5.56 Å². The number of nitrogens with one attached hydrogen (secondary N) is 1. The third kappa shape index (κ3) is 4.11. The first-order chi connectivity index (χ1) is 7.50. The van der Waals surface area contributed by atoms with Gasteiger partial charge in [0.15, 0.2) is 0 Å². The highest BCUT2D eigenvalue weighted by molar-refractivity contribution is 9.10. The van der Waals surface area contributed by atoms with Crippen LogP contribution < -0.4 is 5.32 Å². The lowest BCUT2D eigenvalue weighted by molar-refractivity contribution is -0.00340. The van der Waals surface area contributed by atoms with Crippen molar-refractivity contribution in [3.05, 3.63) is 34.1 Å². The van der Waals surface area contributed by atoms with Crippen LogP contribution in [-0.2, 0) is 6.54 Å². The fraction of sp³-hybridized carbons (Fsp3) is 0.400. The molecule has 1 aromatic rings. The smallest absolute Gasteiger partial charge is 0.265 e. The molecule has 0 aromatic heterocycles. The molecule has 1 unspecified atom stereocenters. The van der Waals surface area contributed by atoms with Crippen LogP contribution in [0.15, 0.2) is 22.7 Å². The van der Waals surface area contributed by atoms with E-state index in [9.17, 15) is 13.2 Å². The maximum absolute atomic E-state index is 12.8. The van der Waals surface area contributed by atoms with Crippen LogP contribution >= 0.6 is 15.9 Å². The number of hydrogen-bond acceptors (Lipinski definition) is 2. The molecule has 0 bridgehead atoms. The summed E-state index contributed by atoms with van der Waals surface area (Å²) in [5.41, 5.74) is 0.745. The van der Waals surface area contributed by atoms with Gasteiger partial charge < -0.3 is 10.4 Å². The van der Waals surface area contributed by atoms with Crippen LogP contribution in [-0.4, -0.2) is 24.2 Å². The number of aliphatic hydroxyl groups excluding tert-OH is 1. The normalized spacial score (nSPS) is 13.1. The molecule has 0 heterocycles. The van der Waals surface area contributed by atoms with Crippen molar-refractivity contribution in [2.75, 3.05) is 6.54 Å². The van der Waals surface area contributed by atoms with E-state index in [0.717, 1.165) is 5.56 Å². The van der Waals surface area contributed by atoms with Gasteiger partial charge in [-0.1, -0.05) is 6.07 Å². The Bertz CT molecular complexity index is 349. The van der Waals surface area contributed by atoms with Gasteiger partial charge in [-0.25, -0.2) is 13.2 Å². The van der Waals surface area contributed by atoms with Crippen molar-refractivity contribution in [1.29, 1.82) is 0 Å². The van der Waals surface area contributed by atoms with E-state index in [1.165, 1.54) is 6.07 Å². The maximum Gasteiger partial charge on any atom is 0.265 e. The number of benzene rings is 1. The predicted octanol–water partition coefficient (Wildman–Crippen LogP) is 2.30. The molecule has 1 atom stereocenters. The Kier molecular flexibility index (Phi) is 5.24. The lowest BCUT2D eigenvalue weighted by Crippen LogP contribution is -2.31. The molecule has 2 N–H and O–H groups in total. The SMILES string of the molecule is OC(CNCc1ccc(F)c(Br)c1)C(F)F. The fourth-order valence-electron chi connectivity index (χ4n) is 1.10. The maximum atomic E-state index is 12.8. The minimum atomic E-state index is -2.76. The number of alkyl halides is 2. The lowest BCUT2D eigenvalue weighted by atomic mass is 10.2. The summed E-state index contributed by atoms with van der Waals surface area (Å²) >= 11 is 3.02. The molecule has 0 saturated carbocycles. The number of aliphatic hydroxyl groups is 1. The van der Waals surface area contributed by atoms with Gasteiger partial charge in [-0.2, -0.15) is 0 Å². The third-order valence-corrected chi connectivity index (χ3v) is 2.57. The van der Waals surface area contributed by atoms with Crippen molar-refractivity contribution < 1.29 is 18.3 Å². The summed E-state index contributed by atoms with van der Waals surface area (Å²) in [5, 5.41) is 11.5. The second kappa shape index (κ2) is 6.22. The number of hydrogen-bond donors (Lipinski definition) is 2. The molecule has 0 saturated heterocycles. The first-order valence-corrected chi connectivity index (χ1v) is 5.41. The van der Waals surface area contributed by atoms with E-state index in [2.05, 4.69) is 21.2 Å². The Morgan fingerprint density at radius 1 is 1.38 bits per heavy atom. The summed E-state index contributed by atoms with van der Waals surface area (Å²) in [6, 6.07) is 4.38. The highest BCUT2D eigenvalue weighted by Gasteiger charge is 2.15. The van der Waals surface area contributed by atoms with Crippen LogP contribution in [0.2, 0.25) is 0 Å². The highest BCUT2D eigenvalue weighted by atomic mass is 79.9. The zero-order chi connectivity index (χ0) is 12.1. The summed E-state index contributed by atoms with van der Waals surface area (Å²) in [5.74, 6) is -0.378. The van der Waals surface area contributed by atoms with Gasteiger partial charge in [0.2, 0.25) is 0 Å². The zero-order valence-corrected chi connectivity index (χ0v) is 9.85. The average molecular weight is 298 g/mol. The molecule has 1 aromatic carbocycles. The zero-order valence-electron chi connectivity index (χ0n) is 8.26. The highest BCUT2D eigenvalue weighted by Crippen LogP contribution is 2.16. The summed E-state index contributed by atoms with van der Waals surface area (Å²) in [6.45, 7) is 0.0926. The van der Waals surface area contributed by atoms with Crippen LogP contribution in [0.5, 0.6) is 0 Å². The van der Waals surface area contributed by atoms with E-state index in [0.29, 0.717) is 11.0 Å². The lowest BCUT2D eigenvalue weighted by Gasteiger charge is -2.10. The Morgan fingerprint density at radius 3 is 2.62 bits per heavy atom. The van der Waals surface area contributed by atoms with Gasteiger partial charge in [-0.3, -0.25) is 0 Å². The van der Waals surface area contributed by atoms with Crippen molar-refractivity contribution in [1.82, 2.24) is 5.32 Å².